The largest absolute Gasteiger partial charge is 0.341 e. The minimum Gasteiger partial charge on any atom is -0.341 e. The molecular formula is C16H23FN2O. The lowest BCUT2D eigenvalue weighted by molar-refractivity contribution is -0.135. The number of carbonyl (C=O) groups is 1. The van der Waals surface area contributed by atoms with Crippen LogP contribution in [0.5, 0.6) is 0 Å². The summed E-state index contributed by atoms with van der Waals surface area (Å²) < 4.78 is 13.0. The number of nitrogens with zero attached hydrogens (tertiary/aromatic N) is 1. The van der Waals surface area contributed by atoms with Crippen molar-refractivity contribution < 1.29 is 9.18 Å². The predicted octanol–water partition coefficient (Wildman–Crippen LogP) is 2.30. The van der Waals surface area contributed by atoms with Gasteiger partial charge in [0.15, 0.2) is 0 Å². The van der Waals surface area contributed by atoms with Gasteiger partial charge in [-0.1, -0.05) is 19.1 Å². The van der Waals surface area contributed by atoms with Crippen LogP contribution in [0.4, 0.5) is 4.39 Å². The molecule has 0 aromatic heterocycles. The quantitative estimate of drug-likeness (QED) is 0.922. The molecule has 1 aliphatic rings. The average molecular weight is 278 g/mol. The van der Waals surface area contributed by atoms with Crippen molar-refractivity contribution in [2.75, 3.05) is 19.6 Å². The first kappa shape index (κ1) is 15.0. The summed E-state index contributed by atoms with van der Waals surface area (Å²) in [5.41, 5.74) is 6.00. The van der Waals surface area contributed by atoms with Crippen LogP contribution in [-0.2, 0) is 10.2 Å². The summed E-state index contributed by atoms with van der Waals surface area (Å²) in [6, 6.07) is 6.17. The third-order valence-electron chi connectivity index (χ3n) is 4.44. The lowest BCUT2D eigenvalue weighted by Gasteiger charge is -2.31. The van der Waals surface area contributed by atoms with E-state index in [1.54, 1.807) is 12.1 Å². The van der Waals surface area contributed by atoms with E-state index < -0.39 is 5.41 Å². The fourth-order valence-corrected chi connectivity index (χ4v) is 2.75. The molecule has 1 aliphatic heterocycles. The number of rotatable bonds is 3. The minimum atomic E-state index is -0.645. The first-order valence-corrected chi connectivity index (χ1v) is 7.04. The number of likely N-dealkylation sites (tertiary alicyclic amines) is 1. The van der Waals surface area contributed by atoms with E-state index in [-0.39, 0.29) is 17.1 Å². The highest BCUT2D eigenvalue weighted by atomic mass is 19.1. The van der Waals surface area contributed by atoms with E-state index >= 15 is 0 Å². The number of hydrogen-bond donors (Lipinski definition) is 1. The number of amides is 1. The van der Waals surface area contributed by atoms with Gasteiger partial charge in [-0.25, -0.2) is 4.39 Å². The van der Waals surface area contributed by atoms with Crippen molar-refractivity contribution in [2.45, 2.75) is 32.6 Å². The smallest absolute Gasteiger partial charge is 0.232 e. The zero-order valence-electron chi connectivity index (χ0n) is 12.4. The zero-order valence-corrected chi connectivity index (χ0v) is 12.4. The molecule has 3 nitrogen and oxygen atoms in total. The highest BCUT2D eigenvalue weighted by molar-refractivity contribution is 5.87. The van der Waals surface area contributed by atoms with Crippen LogP contribution in [0, 0.1) is 11.2 Å². The summed E-state index contributed by atoms with van der Waals surface area (Å²) >= 11 is 0. The summed E-state index contributed by atoms with van der Waals surface area (Å²) in [7, 11) is 0. The molecule has 1 unspecified atom stereocenters. The van der Waals surface area contributed by atoms with Crippen molar-refractivity contribution in [3.8, 4) is 0 Å². The highest BCUT2D eigenvalue weighted by Crippen LogP contribution is 2.33. The Labute approximate surface area is 120 Å². The molecule has 0 aliphatic carbocycles. The molecule has 1 heterocycles. The monoisotopic (exact) mass is 278 g/mol. The van der Waals surface area contributed by atoms with Crippen molar-refractivity contribution in [1.82, 2.24) is 4.90 Å². The number of halogens is 1. The van der Waals surface area contributed by atoms with E-state index in [4.69, 9.17) is 5.73 Å². The predicted molar refractivity (Wildman–Crippen MR) is 77.8 cm³/mol. The molecule has 110 valence electrons. The summed E-state index contributed by atoms with van der Waals surface area (Å²) in [5, 5.41) is 0. The van der Waals surface area contributed by atoms with Crippen molar-refractivity contribution in [2.24, 2.45) is 11.1 Å². The van der Waals surface area contributed by atoms with Gasteiger partial charge in [-0.3, -0.25) is 4.79 Å². The van der Waals surface area contributed by atoms with Crippen LogP contribution in [0.2, 0.25) is 0 Å². The molecule has 1 saturated heterocycles. The van der Waals surface area contributed by atoms with E-state index in [1.165, 1.54) is 12.1 Å². The second-order valence-corrected chi connectivity index (χ2v) is 6.62. The number of nitrogens with two attached hydrogens (primary N) is 1. The molecular weight excluding hydrogens is 255 g/mol. The van der Waals surface area contributed by atoms with Gasteiger partial charge in [0, 0.05) is 13.1 Å². The Morgan fingerprint density at radius 2 is 2.00 bits per heavy atom. The van der Waals surface area contributed by atoms with Gasteiger partial charge in [0.2, 0.25) is 5.91 Å². The van der Waals surface area contributed by atoms with Gasteiger partial charge in [0.25, 0.3) is 0 Å². The molecule has 4 heteroatoms. The summed E-state index contributed by atoms with van der Waals surface area (Å²) in [6.07, 6.45) is 0.939. The molecule has 0 bridgehead atoms. The molecule has 1 aromatic rings. The Morgan fingerprint density at radius 3 is 2.50 bits per heavy atom. The lowest BCUT2D eigenvalue weighted by Crippen LogP contribution is -2.43. The molecule has 0 radical (unpaired) electrons. The topological polar surface area (TPSA) is 46.3 Å². The fourth-order valence-electron chi connectivity index (χ4n) is 2.75. The fraction of sp³-hybridized carbons (Fsp3) is 0.562. The number of carbonyl (C=O) groups excluding carboxylic acids is 1. The third kappa shape index (κ3) is 2.70. The lowest BCUT2D eigenvalue weighted by atomic mass is 9.83. The molecule has 0 saturated carbocycles. The van der Waals surface area contributed by atoms with E-state index in [1.807, 2.05) is 18.7 Å². The molecule has 2 N–H and O–H groups in total. The van der Waals surface area contributed by atoms with Gasteiger partial charge in [-0.2, -0.15) is 0 Å². The van der Waals surface area contributed by atoms with Crippen LogP contribution in [0.15, 0.2) is 24.3 Å². The van der Waals surface area contributed by atoms with Crippen LogP contribution in [-0.4, -0.2) is 30.4 Å². The summed E-state index contributed by atoms with van der Waals surface area (Å²) in [6.45, 7) is 7.93. The van der Waals surface area contributed by atoms with Crippen molar-refractivity contribution in [3.05, 3.63) is 35.6 Å². The van der Waals surface area contributed by atoms with Crippen LogP contribution in [0.3, 0.4) is 0 Å². The standard InChI is InChI=1S/C16H23FN2O/c1-15(2,12-4-6-13(17)7-5-12)14(20)19-9-8-16(3,10-18)11-19/h4-7H,8-11,18H2,1-3H3. The maximum Gasteiger partial charge on any atom is 0.232 e. The molecule has 1 atom stereocenters. The van der Waals surface area contributed by atoms with Crippen molar-refractivity contribution in [3.63, 3.8) is 0 Å². The molecule has 2 rings (SSSR count). The van der Waals surface area contributed by atoms with Crippen molar-refractivity contribution in [1.29, 1.82) is 0 Å². The van der Waals surface area contributed by atoms with Gasteiger partial charge in [-0.05, 0) is 49.9 Å². The number of hydrogen-bond acceptors (Lipinski definition) is 2. The molecule has 0 spiro atoms. The van der Waals surface area contributed by atoms with E-state index in [2.05, 4.69) is 6.92 Å². The van der Waals surface area contributed by atoms with Crippen LogP contribution in [0.25, 0.3) is 0 Å². The maximum absolute atomic E-state index is 13.0. The minimum absolute atomic E-state index is 0.0224. The Bertz CT molecular complexity index is 498. The van der Waals surface area contributed by atoms with Crippen LogP contribution in [0.1, 0.15) is 32.8 Å². The SMILES string of the molecule is CC1(CN)CCN(C(=O)C(C)(C)c2ccc(F)cc2)C1. The van der Waals surface area contributed by atoms with Gasteiger partial charge in [-0.15, -0.1) is 0 Å². The highest BCUT2D eigenvalue weighted by Gasteiger charge is 2.40. The first-order chi connectivity index (χ1) is 9.28. The zero-order chi connectivity index (χ0) is 15.0. The summed E-state index contributed by atoms with van der Waals surface area (Å²) in [4.78, 5) is 14.6. The van der Waals surface area contributed by atoms with Gasteiger partial charge < -0.3 is 10.6 Å². The first-order valence-electron chi connectivity index (χ1n) is 7.04. The van der Waals surface area contributed by atoms with Crippen LogP contribution >= 0.6 is 0 Å². The van der Waals surface area contributed by atoms with E-state index in [9.17, 15) is 9.18 Å². The van der Waals surface area contributed by atoms with Crippen LogP contribution < -0.4 is 5.73 Å². The maximum atomic E-state index is 13.0. The molecule has 1 amide bonds. The number of benzene rings is 1. The third-order valence-corrected chi connectivity index (χ3v) is 4.44. The van der Waals surface area contributed by atoms with Gasteiger partial charge in [0.1, 0.15) is 5.82 Å². The Morgan fingerprint density at radius 1 is 1.40 bits per heavy atom. The molecule has 1 aromatic carbocycles. The van der Waals surface area contributed by atoms with E-state index in [0.29, 0.717) is 13.1 Å². The molecule has 20 heavy (non-hydrogen) atoms. The second-order valence-electron chi connectivity index (χ2n) is 6.62. The normalized spacial score (nSPS) is 23.1. The van der Waals surface area contributed by atoms with E-state index in [0.717, 1.165) is 18.5 Å². The Balaban J connectivity index is 2.18. The average Bonchev–Trinajstić information content (AvgIpc) is 2.82. The molecule has 1 fully saturated rings. The summed E-state index contributed by atoms with van der Waals surface area (Å²) in [5.74, 6) is -0.199. The van der Waals surface area contributed by atoms with Crippen molar-refractivity contribution >= 4 is 5.91 Å². The Kier molecular flexibility index (Phi) is 3.87. The van der Waals surface area contributed by atoms with Gasteiger partial charge in [0.05, 0.1) is 5.41 Å². The van der Waals surface area contributed by atoms with Gasteiger partial charge >= 0.3 is 0 Å². The Hall–Kier alpha value is -1.42. The second kappa shape index (κ2) is 5.17.